The first-order valence-electron chi connectivity index (χ1n) is 14.5. The Labute approximate surface area is 232 Å². The zero-order valence-electron chi connectivity index (χ0n) is 23.1. The maximum atomic E-state index is 12.8. The van der Waals surface area contributed by atoms with Crippen LogP contribution >= 0.6 is 0 Å². The molecule has 2 aromatic carbocycles. The predicted molar refractivity (Wildman–Crippen MR) is 152 cm³/mol. The molecule has 0 aliphatic carbocycles. The Balaban J connectivity index is 1.19. The fourth-order valence-corrected chi connectivity index (χ4v) is 5.21. The van der Waals surface area contributed by atoms with Gasteiger partial charge in [0.15, 0.2) is 5.96 Å². The lowest BCUT2D eigenvalue weighted by Gasteiger charge is -2.32. The fraction of sp³-hybridized carbons (Fsp3) is 0.581. The maximum absolute atomic E-state index is 12.8. The number of alkyl halides is 3. The van der Waals surface area contributed by atoms with Crippen LogP contribution in [0.15, 0.2) is 54.6 Å². The molecule has 0 atom stereocenters. The van der Waals surface area contributed by atoms with Crippen molar-refractivity contribution in [1.82, 2.24) is 9.80 Å². The van der Waals surface area contributed by atoms with Gasteiger partial charge in [-0.25, -0.2) is 0 Å². The fourth-order valence-electron chi connectivity index (χ4n) is 5.21. The van der Waals surface area contributed by atoms with Crippen LogP contribution in [-0.2, 0) is 12.7 Å². The summed E-state index contributed by atoms with van der Waals surface area (Å²) in [5.74, 6) is 1.67. The molecule has 216 valence electrons. The number of nitrogens with zero attached hydrogens (tertiary/aromatic N) is 2. The zero-order valence-corrected chi connectivity index (χ0v) is 23.1. The number of guanidine groups is 1. The minimum absolute atomic E-state index is 0.0382. The highest BCUT2D eigenvalue weighted by Crippen LogP contribution is 2.29. The van der Waals surface area contributed by atoms with Crippen molar-refractivity contribution in [3.63, 3.8) is 0 Å². The Bertz CT molecular complexity index is 945. The van der Waals surface area contributed by atoms with Crippen LogP contribution in [0.4, 0.5) is 13.2 Å². The van der Waals surface area contributed by atoms with E-state index in [2.05, 4.69) is 4.90 Å². The van der Waals surface area contributed by atoms with Gasteiger partial charge in [0, 0.05) is 13.1 Å². The van der Waals surface area contributed by atoms with Crippen molar-refractivity contribution in [2.24, 2.45) is 11.7 Å². The number of benzene rings is 2. The van der Waals surface area contributed by atoms with E-state index in [-0.39, 0.29) is 5.96 Å². The van der Waals surface area contributed by atoms with E-state index in [9.17, 15) is 13.2 Å². The van der Waals surface area contributed by atoms with Gasteiger partial charge in [0.1, 0.15) is 5.75 Å². The molecule has 0 unspecified atom stereocenters. The Hall–Kier alpha value is -2.74. The topological polar surface area (TPSA) is 65.6 Å². The third-order valence-electron chi connectivity index (χ3n) is 7.62. The quantitative estimate of drug-likeness (QED) is 0.132. The molecule has 39 heavy (non-hydrogen) atoms. The number of para-hydroxylation sites is 1. The summed E-state index contributed by atoms with van der Waals surface area (Å²) in [6.07, 6.45) is 7.50. The molecule has 2 aromatic rings. The summed E-state index contributed by atoms with van der Waals surface area (Å²) in [4.78, 5) is 4.35. The van der Waals surface area contributed by atoms with E-state index in [4.69, 9.17) is 15.9 Å². The molecular formula is C31H45F3N4O. The normalized spacial score (nSPS) is 14.8. The van der Waals surface area contributed by atoms with Crippen molar-refractivity contribution in [3.05, 3.63) is 65.7 Å². The average Bonchev–Trinajstić information content (AvgIpc) is 2.93. The lowest BCUT2D eigenvalue weighted by Crippen LogP contribution is -2.37. The minimum atomic E-state index is -4.34. The van der Waals surface area contributed by atoms with Gasteiger partial charge in [0.05, 0.1) is 12.2 Å². The Morgan fingerprint density at radius 2 is 1.56 bits per heavy atom. The summed E-state index contributed by atoms with van der Waals surface area (Å²) in [5, 5.41) is 7.85. The van der Waals surface area contributed by atoms with Crippen molar-refractivity contribution in [2.45, 2.75) is 76.9 Å². The number of likely N-dealkylation sites (tertiary alicyclic amines) is 1. The summed E-state index contributed by atoms with van der Waals surface area (Å²) in [7, 11) is 0. The number of unbranched alkanes of at least 4 members (excludes halogenated alkanes) is 5. The molecule has 3 N–H and O–H groups in total. The molecule has 0 saturated carbocycles. The summed E-state index contributed by atoms with van der Waals surface area (Å²) in [6, 6.07) is 15.1. The van der Waals surface area contributed by atoms with Gasteiger partial charge in [-0.2, -0.15) is 13.2 Å². The molecule has 3 rings (SSSR count). The Morgan fingerprint density at radius 3 is 2.23 bits per heavy atom. The van der Waals surface area contributed by atoms with E-state index in [0.29, 0.717) is 13.1 Å². The number of hydrogen-bond acceptors (Lipinski definition) is 3. The minimum Gasteiger partial charge on any atom is -0.494 e. The molecule has 5 nitrogen and oxygen atoms in total. The van der Waals surface area contributed by atoms with Crippen LogP contribution in [0.25, 0.3) is 0 Å². The molecule has 0 radical (unpaired) electrons. The van der Waals surface area contributed by atoms with Crippen LogP contribution < -0.4 is 10.5 Å². The standard InChI is InChI=1S/C31H45F3N4O/c32-31(33,34)28-16-14-27(15-17-28)25-38(30(35)36)21-9-7-11-26-18-22-37(23-19-26)20-8-2-1-3-10-24-39-29-12-5-4-6-13-29/h4-6,12-17,26H,1-3,7-11,18-25H2,(H3,35,36). The Morgan fingerprint density at radius 1 is 0.897 bits per heavy atom. The van der Waals surface area contributed by atoms with Crippen molar-refractivity contribution in [1.29, 1.82) is 5.41 Å². The van der Waals surface area contributed by atoms with Crippen molar-refractivity contribution < 1.29 is 17.9 Å². The van der Waals surface area contributed by atoms with Gasteiger partial charge in [0.25, 0.3) is 0 Å². The molecule has 8 heteroatoms. The van der Waals surface area contributed by atoms with Gasteiger partial charge >= 0.3 is 6.18 Å². The number of nitrogens with two attached hydrogens (primary N) is 1. The molecule has 1 saturated heterocycles. The monoisotopic (exact) mass is 546 g/mol. The van der Waals surface area contributed by atoms with E-state index in [1.54, 1.807) is 4.90 Å². The molecule has 1 aliphatic rings. The molecule has 1 fully saturated rings. The summed E-state index contributed by atoms with van der Waals surface area (Å²) < 4.78 is 44.1. The van der Waals surface area contributed by atoms with Crippen LogP contribution in [0.3, 0.4) is 0 Å². The largest absolute Gasteiger partial charge is 0.494 e. The number of nitrogens with one attached hydrogen (secondary N) is 1. The van der Waals surface area contributed by atoms with E-state index in [0.717, 1.165) is 55.2 Å². The molecule has 1 heterocycles. The first-order chi connectivity index (χ1) is 18.8. The molecular weight excluding hydrogens is 501 g/mol. The van der Waals surface area contributed by atoms with Crippen LogP contribution in [-0.4, -0.2) is 48.5 Å². The third-order valence-corrected chi connectivity index (χ3v) is 7.62. The highest BCUT2D eigenvalue weighted by atomic mass is 19.4. The Kier molecular flexibility index (Phi) is 12.9. The van der Waals surface area contributed by atoms with Gasteiger partial charge < -0.3 is 20.3 Å². The summed E-state index contributed by atoms with van der Waals surface area (Å²) >= 11 is 0. The first-order valence-corrected chi connectivity index (χ1v) is 14.5. The van der Waals surface area contributed by atoms with Crippen molar-refractivity contribution in [3.8, 4) is 5.75 Å². The second-order valence-electron chi connectivity index (χ2n) is 10.7. The molecule has 0 bridgehead atoms. The number of hydrogen-bond donors (Lipinski definition) is 2. The second-order valence-corrected chi connectivity index (χ2v) is 10.7. The molecule has 0 aromatic heterocycles. The van der Waals surface area contributed by atoms with Crippen LogP contribution in [0.2, 0.25) is 0 Å². The third kappa shape index (κ3) is 11.9. The molecule has 0 spiro atoms. The maximum Gasteiger partial charge on any atom is 0.416 e. The summed E-state index contributed by atoms with van der Waals surface area (Å²) in [6.45, 7) is 5.36. The van der Waals surface area contributed by atoms with Crippen LogP contribution in [0, 0.1) is 11.3 Å². The lowest BCUT2D eigenvalue weighted by molar-refractivity contribution is -0.137. The smallest absolute Gasteiger partial charge is 0.416 e. The van der Waals surface area contributed by atoms with Crippen LogP contribution in [0.5, 0.6) is 5.75 Å². The number of ether oxygens (including phenoxy) is 1. The van der Waals surface area contributed by atoms with E-state index in [1.807, 2.05) is 30.3 Å². The summed E-state index contributed by atoms with van der Waals surface area (Å²) in [5.41, 5.74) is 5.81. The van der Waals surface area contributed by atoms with Gasteiger partial charge in [-0.3, -0.25) is 5.41 Å². The molecule has 0 amide bonds. The van der Waals surface area contributed by atoms with Gasteiger partial charge in [-0.1, -0.05) is 62.4 Å². The van der Waals surface area contributed by atoms with Gasteiger partial charge in [-0.15, -0.1) is 0 Å². The van der Waals surface area contributed by atoms with Gasteiger partial charge in [-0.05, 0) is 87.5 Å². The first kappa shape index (κ1) is 30.8. The SMILES string of the molecule is N=C(N)N(CCCCC1CCN(CCCCCCCOc2ccccc2)CC1)Cc1ccc(C(F)(F)F)cc1. The number of halogens is 3. The highest BCUT2D eigenvalue weighted by Gasteiger charge is 2.30. The van der Waals surface area contributed by atoms with E-state index >= 15 is 0 Å². The van der Waals surface area contributed by atoms with Gasteiger partial charge in [0.2, 0.25) is 0 Å². The number of rotatable bonds is 16. The second kappa shape index (κ2) is 16.4. The van der Waals surface area contributed by atoms with Crippen molar-refractivity contribution in [2.75, 3.05) is 32.8 Å². The van der Waals surface area contributed by atoms with E-state index in [1.165, 1.54) is 76.7 Å². The van der Waals surface area contributed by atoms with Crippen molar-refractivity contribution >= 4 is 5.96 Å². The lowest BCUT2D eigenvalue weighted by atomic mass is 9.91. The molecule has 1 aliphatic heterocycles. The average molecular weight is 547 g/mol. The highest BCUT2D eigenvalue weighted by molar-refractivity contribution is 5.74. The van der Waals surface area contributed by atoms with Crippen LogP contribution in [0.1, 0.15) is 75.3 Å². The van der Waals surface area contributed by atoms with E-state index < -0.39 is 11.7 Å². The predicted octanol–water partition coefficient (Wildman–Crippen LogP) is 7.31. The number of piperidine rings is 1. The zero-order chi connectivity index (χ0) is 27.9.